The molecule has 0 aromatic heterocycles. The maximum Gasteiger partial charge on any atom is 2.00 e. The minimum Gasteiger partial charge on any atom is -0.207 e. The van der Waals surface area contributed by atoms with Crippen molar-refractivity contribution in [3.63, 3.8) is 0 Å². The van der Waals surface area contributed by atoms with Crippen LogP contribution in [0.4, 0.5) is 0 Å². The first-order chi connectivity index (χ1) is 8.73. The molecule has 0 bridgehead atoms. The summed E-state index contributed by atoms with van der Waals surface area (Å²) in [7, 11) is 0. The summed E-state index contributed by atoms with van der Waals surface area (Å²) < 4.78 is 0. The summed E-state index contributed by atoms with van der Waals surface area (Å²) in [6.45, 7) is 8.76. The normalized spacial score (nSPS) is 9.47. The predicted molar refractivity (Wildman–Crippen MR) is 81.6 cm³/mol. The van der Waals surface area contributed by atoms with Crippen LogP contribution in [0.2, 0.25) is 0 Å². The van der Waals surface area contributed by atoms with Crippen LogP contribution in [0.25, 0.3) is 0 Å². The third-order valence-corrected chi connectivity index (χ3v) is 3.40. The topological polar surface area (TPSA) is 0 Å². The first-order valence-electron chi connectivity index (χ1n) is 7.22. The molecule has 0 saturated carbocycles. The van der Waals surface area contributed by atoms with Crippen molar-refractivity contribution in [1.82, 2.24) is 0 Å². The van der Waals surface area contributed by atoms with E-state index in [1.165, 1.54) is 47.9 Å². The van der Waals surface area contributed by atoms with E-state index < -0.39 is 0 Å². The Labute approximate surface area is 131 Å². The molecule has 106 valence electrons. The zero-order chi connectivity index (χ0) is 13.4. The van der Waals surface area contributed by atoms with Crippen molar-refractivity contribution in [3.05, 3.63) is 58.7 Å². The molecule has 2 rings (SSSR count). The van der Waals surface area contributed by atoms with E-state index in [0.717, 1.165) is 0 Å². The molecule has 0 unspecified atom stereocenters. The van der Waals surface area contributed by atoms with Crippen LogP contribution in [0.5, 0.6) is 0 Å². The molecule has 0 saturated heterocycles. The Kier molecular flexibility index (Phi) is 9.79. The maximum absolute atomic E-state index is 2.28. The quantitative estimate of drug-likeness (QED) is 0.538. The van der Waals surface area contributed by atoms with Crippen molar-refractivity contribution in [2.45, 2.75) is 53.4 Å². The second-order valence-electron chi connectivity index (χ2n) is 4.67. The molecule has 0 atom stereocenters. The minimum absolute atomic E-state index is 0. The van der Waals surface area contributed by atoms with E-state index in [2.05, 4.69) is 64.1 Å². The average Bonchev–Trinajstić information content (AvgIpc) is 3.07. The molecular weight excluding hydrogens is 317 g/mol. The van der Waals surface area contributed by atoms with Gasteiger partial charge in [-0.1, -0.05) is 53.4 Å². The smallest absolute Gasteiger partial charge is 0.207 e. The summed E-state index contributed by atoms with van der Waals surface area (Å²) in [4.78, 5) is 0. The molecule has 0 aliphatic carbocycles. The van der Waals surface area contributed by atoms with Gasteiger partial charge in [0.2, 0.25) is 0 Å². The molecule has 0 nitrogen and oxygen atoms in total. The molecule has 0 N–H and O–H groups in total. The molecule has 19 heavy (non-hydrogen) atoms. The largest absolute Gasteiger partial charge is 2.00 e. The third kappa shape index (κ3) is 6.34. The summed E-state index contributed by atoms with van der Waals surface area (Å²) in [6, 6.07) is 13.4. The Balaban J connectivity index is 0.000000324. The van der Waals surface area contributed by atoms with E-state index >= 15 is 0 Å². The van der Waals surface area contributed by atoms with Crippen LogP contribution < -0.4 is 0 Å². The van der Waals surface area contributed by atoms with Gasteiger partial charge in [0.25, 0.3) is 0 Å². The molecule has 0 amide bonds. The molecule has 0 aliphatic rings. The van der Waals surface area contributed by atoms with E-state index in [1.807, 2.05) is 0 Å². The van der Waals surface area contributed by atoms with Gasteiger partial charge in [-0.2, -0.15) is 46.5 Å². The Morgan fingerprint density at radius 2 is 1.05 bits per heavy atom. The Morgan fingerprint density at radius 3 is 1.21 bits per heavy atom. The number of hydrogen-bond acceptors (Lipinski definition) is 0. The fourth-order valence-corrected chi connectivity index (χ4v) is 1.98. The maximum atomic E-state index is 2.28. The van der Waals surface area contributed by atoms with Crippen molar-refractivity contribution in [1.29, 1.82) is 0 Å². The monoisotopic (exact) mass is 344 g/mol. The van der Waals surface area contributed by atoms with Gasteiger partial charge in [-0.25, -0.2) is 12.1 Å². The van der Waals surface area contributed by atoms with Gasteiger partial charge >= 0.3 is 19.5 Å². The van der Waals surface area contributed by atoms with Gasteiger partial charge in [0, 0.05) is 0 Å². The number of rotatable bonds is 4. The predicted octanol–water partition coefficient (Wildman–Crippen LogP) is 5.06. The molecule has 0 heterocycles. The summed E-state index contributed by atoms with van der Waals surface area (Å²) >= 11 is 0. The van der Waals surface area contributed by atoms with E-state index in [0.29, 0.717) is 0 Å². The first-order valence-corrected chi connectivity index (χ1v) is 7.22. The molecule has 0 spiro atoms. The SMILES string of the molecule is CCc1c[cH-]c(CC)c1.CCc1c[cH-]c(CC)c1.[Ru+2]. The van der Waals surface area contributed by atoms with Crippen LogP contribution in [0, 0.1) is 0 Å². The van der Waals surface area contributed by atoms with Crippen molar-refractivity contribution in [3.8, 4) is 0 Å². The van der Waals surface area contributed by atoms with Crippen LogP contribution >= 0.6 is 0 Å². The average molecular weight is 343 g/mol. The van der Waals surface area contributed by atoms with E-state index in [9.17, 15) is 0 Å². The summed E-state index contributed by atoms with van der Waals surface area (Å²) in [5.74, 6) is 0. The molecular formula is C18H26Ru. The van der Waals surface area contributed by atoms with Crippen molar-refractivity contribution in [2.24, 2.45) is 0 Å². The Morgan fingerprint density at radius 1 is 0.684 bits per heavy atom. The first kappa shape index (κ1) is 18.3. The van der Waals surface area contributed by atoms with Crippen molar-refractivity contribution < 1.29 is 19.5 Å². The van der Waals surface area contributed by atoms with Crippen LogP contribution in [-0.2, 0) is 45.2 Å². The van der Waals surface area contributed by atoms with Gasteiger partial charge in [0.1, 0.15) is 0 Å². The fourth-order valence-electron chi connectivity index (χ4n) is 1.98. The minimum atomic E-state index is 0. The molecule has 0 radical (unpaired) electrons. The van der Waals surface area contributed by atoms with Crippen molar-refractivity contribution in [2.75, 3.05) is 0 Å². The van der Waals surface area contributed by atoms with E-state index in [-0.39, 0.29) is 19.5 Å². The van der Waals surface area contributed by atoms with Gasteiger partial charge in [0.05, 0.1) is 0 Å². The zero-order valence-electron chi connectivity index (χ0n) is 12.6. The van der Waals surface area contributed by atoms with Gasteiger partial charge in [-0.3, -0.25) is 0 Å². The van der Waals surface area contributed by atoms with Crippen molar-refractivity contribution >= 4 is 0 Å². The van der Waals surface area contributed by atoms with Gasteiger partial charge in [-0.15, -0.1) is 0 Å². The van der Waals surface area contributed by atoms with Crippen LogP contribution in [0.1, 0.15) is 49.9 Å². The Bertz CT molecular complexity index is 355. The molecule has 2 aromatic carbocycles. The Hall–Kier alpha value is -0.677. The van der Waals surface area contributed by atoms with Gasteiger partial charge in [0.15, 0.2) is 0 Å². The number of aryl methyl sites for hydroxylation is 4. The molecule has 1 heteroatoms. The summed E-state index contributed by atoms with van der Waals surface area (Å²) in [5.41, 5.74) is 5.86. The van der Waals surface area contributed by atoms with Crippen LogP contribution in [0.3, 0.4) is 0 Å². The second kappa shape index (κ2) is 10.2. The van der Waals surface area contributed by atoms with Gasteiger partial charge in [-0.05, 0) is 0 Å². The second-order valence-corrected chi connectivity index (χ2v) is 4.67. The van der Waals surface area contributed by atoms with Crippen LogP contribution in [0.15, 0.2) is 36.4 Å². The third-order valence-electron chi connectivity index (χ3n) is 3.40. The standard InChI is InChI=1S/2C9H13.Ru/c2*1-3-8-5-6-9(4-2)7-8;/h2*5-7H,3-4H2,1-2H3;/q2*-1;+2. The zero-order valence-corrected chi connectivity index (χ0v) is 14.4. The molecule has 0 fully saturated rings. The molecule has 2 aromatic rings. The fraction of sp³-hybridized carbons (Fsp3) is 0.444. The summed E-state index contributed by atoms with van der Waals surface area (Å²) in [5, 5.41) is 0. The van der Waals surface area contributed by atoms with Gasteiger partial charge < -0.3 is 0 Å². The van der Waals surface area contributed by atoms with Crippen LogP contribution in [-0.4, -0.2) is 0 Å². The number of hydrogen-bond donors (Lipinski definition) is 0. The summed E-state index contributed by atoms with van der Waals surface area (Å²) in [6.07, 6.45) is 4.67. The van der Waals surface area contributed by atoms with E-state index in [1.54, 1.807) is 0 Å². The van der Waals surface area contributed by atoms with E-state index in [4.69, 9.17) is 0 Å². The molecule has 0 aliphatic heterocycles.